The van der Waals surface area contributed by atoms with E-state index in [-0.39, 0.29) is 11.8 Å². The van der Waals surface area contributed by atoms with Crippen LogP contribution in [0.4, 0.5) is 0 Å². The van der Waals surface area contributed by atoms with Gasteiger partial charge in [-0.3, -0.25) is 0 Å². The van der Waals surface area contributed by atoms with Gasteiger partial charge < -0.3 is 14.2 Å². The Labute approximate surface area is 118 Å². The van der Waals surface area contributed by atoms with Gasteiger partial charge in [-0.2, -0.15) is 0 Å². The Hall–Kier alpha value is -1.47. The molecule has 2 heterocycles. The molecule has 0 N–H and O–H groups in total. The third-order valence-corrected chi connectivity index (χ3v) is 3.45. The zero-order valence-corrected chi connectivity index (χ0v) is 12.0. The maximum absolute atomic E-state index is 11.7. The molecule has 1 aromatic rings. The first-order chi connectivity index (χ1) is 9.76. The number of carbonyl (C=O) groups is 1. The Kier molecular flexibility index (Phi) is 5.49. The Bertz CT molecular complexity index is 441. The molecule has 1 aromatic heterocycles. The summed E-state index contributed by atoms with van der Waals surface area (Å²) in [5.41, 5.74) is 1.04. The largest absolute Gasteiger partial charge is 0.464 e. The van der Waals surface area contributed by atoms with E-state index in [0.29, 0.717) is 19.6 Å². The highest BCUT2D eigenvalue weighted by atomic mass is 16.5. The van der Waals surface area contributed by atoms with E-state index < -0.39 is 5.97 Å². The van der Waals surface area contributed by atoms with Crippen molar-refractivity contribution in [2.45, 2.75) is 38.3 Å². The summed E-state index contributed by atoms with van der Waals surface area (Å²) in [6, 6.07) is 0. The number of hydrogen-bond acceptors (Lipinski definition) is 6. The van der Waals surface area contributed by atoms with Gasteiger partial charge in [0.05, 0.1) is 25.5 Å². The quantitative estimate of drug-likeness (QED) is 0.690. The SMILES string of the molecule is COCCc1c(C(=O)OC)nnn1CCC1CCCO1. The summed E-state index contributed by atoms with van der Waals surface area (Å²) in [6.07, 6.45) is 3.96. The number of esters is 1. The second-order valence-corrected chi connectivity index (χ2v) is 4.77. The zero-order chi connectivity index (χ0) is 14.4. The normalized spacial score (nSPS) is 18.4. The molecule has 1 unspecified atom stereocenters. The zero-order valence-electron chi connectivity index (χ0n) is 12.0. The van der Waals surface area contributed by atoms with Crippen molar-refractivity contribution in [2.24, 2.45) is 0 Å². The number of ether oxygens (including phenoxy) is 3. The van der Waals surface area contributed by atoms with Crippen molar-refractivity contribution >= 4 is 5.97 Å². The van der Waals surface area contributed by atoms with Crippen LogP contribution in [-0.2, 0) is 27.2 Å². The fourth-order valence-corrected chi connectivity index (χ4v) is 2.35. The van der Waals surface area contributed by atoms with Crippen molar-refractivity contribution in [3.63, 3.8) is 0 Å². The van der Waals surface area contributed by atoms with Crippen LogP contribution in [-0.4, -0.2) is 54.5 Å². The van der Waals surface area contributed by atoms with Gasteiger partial charge in [0.2, 0.25) is 0 Å². The van der Waals surface area contributed by atoms with Crippen molar-refractivity contribution < 1.29 is 19.0 Å². The lowest BCUT2D eigenvalue weighted by Crippen LogP contribution is -2.15. The Morgan fingerprint density at radius 3 is 3.00 bits per heavy atom. The van der Waals surface area contributed by atoms with Gasteiger partial charge in [0.15, 0.2) is 5.69 Å². The third kappa shape index (κ3) is 3.55. The van der Waals surface area contributed by atoms with Crippen molar-refractivity contribution in [1.82, 2.24) is 15.0 Å². The van der Waals surface area contributed by atoms with Crippen LogP contribution in [0.5, 0.6) is 0 Å². The van der Waals surface area contributed by atoms with Gasteiger partial charge in [0, 0.05) is 26.7 Å². The fourth-order valence-electron chi connectivity index (χ4n) is 2.35. The second-order valence-electron chi connectivity index (χ2n) is 4.77. The smallest absolute Gasteiger partial charge is 0.360 e. The predicted octanol–water partition coefficient (Wildman–Crippen LogP) is 0.823. The molecule has 7 heteroatoms. The summed E-state index contributed by atoms with van der Waals surface area (Å²) < 4.78 is 17.1. The molecule has 20 heavy (non-hydrogen) atoms. The monoisotopic (exact) mass is 283 g/mol. The molecule has 1 atom stereocenters. The van der Waals surface area contributed by atoms with Gasteiger partial charge in [-0.1, -0.05) is 5.21 Å². The molecular weight excluding hydrogens is 262 g/mol. The molecule has 0 saturated carbocycles. The minimum Gasteiger partial charge on any atom is -0.464 e. The number of rotatable bonds is 7. The topological polar surface area (TPSA) is 75.5 Å². The van der Waals surface area contributed by atoms with Gasteiger partial charge in [-0.25, -0.2) is 9.48 Å². The van der Waals surface area contributed by atoms with Gasteiger partial charge in [0.25, 0.3) is 0 Å². The molecule has 0 bridgehead atoms. The van der Waals surface area contributed by atoms with Crippen LogP contribution < -0.4 is 0 Å². The molecule has 1 saturated heterocycles. The number of aryl methyl sites for hydroxylation is 1. The molecule has 2 rings (SSSR count). The Morgan fingerprint density at radius 2 is 2.35 bits per heavy atom. The van der Waals surface area contributed by atoms with Crippen molar-refractivity contribution in [3.05, 3.63) is 11.4 Å². The molecule has 0 amide bonds. The van der Waals surface area contributed by atoms with Crippen molar-refractivity contribution in [1.29, 1.82) is 0 Å². The van der Waals surface area contributed by atoms with Crippen LogP contribution in [0, 0.1) is 0 Å². The lowest BCUT2D eigenvalue weighted by atomic mass is 10.2. The molecule has 1 aliphatic rings. The third-order valence-electron chi connectivity index (χ3n) is 3.45. The van der Waals surface area contributed by atoms with E-state index in [4.69, 9.17) is 14.2 Å². The molecule has 1 aliphatic heterocycles. The number of nitrogens with zero attached hydrogens (tertiary/aromatic N) is 3. The van der Waals surface area contributed by atoms with E-state index in [1.165, 1.54) is 7.11 Å². The van der Waals surface area contributed by atoms with Crippen LogP contribution >= 0.6 is 0 Å². The number of hydrogen-bond donors (Lipinski definition) is 0. The number of aromatic nitrogens is 3. The standard InChI is InChI=1S/C13H21N3O4/c1-18-9-6-11-12(13(17)19-2)14-15-16(11)7-5-10-4-3-8-20-10/h10H,3-9H2,1-2H3. The lowest BCUT2D eigenvalue weighted by molar-refractivity contribution is 0.0592. The van der Waals surface area contributed by atoms with Crippen LogP contribution in [0.15, 0.2) is 0 Å². The predicted molar refractivity (Wildman–Crippen MR) is 70.5 cm³/mol. The summed E-state index contributed by atoms with van der Waals surface area (Å²) >= 11 is 0. The van der Waals surface area contributed by atoms with Crippen LogP contribution in [0.2, 0.25) is 0 Å². The molecule has 0 radical (unpaired) electrons. The first-order valence-corrected chi connectivity index (χ1v) is 6.87. The Balaban J connectivity index is 2.05. The molecule has 7 nitrogen and oxygen atoms in total. The van der Waals surface area contributed by atoms with E-state index in [2.05, 4.69) is 10.3 Å². The van der Waals surface area contributed by atoms with E-state index in [0.717, 1.165) is 31.6 Å². The summed E-state index contributed by atoms with van der Waals surface area (Å²) in [6.45, 7) is 2.04. The second kappa shape index (κ2) is 7.35. The van der Waals surface area contributed by atoms with E-state index in [1.54, 1.807) is 11.8 Å². The van der Waals surface area contributed by atoms with Gasteiger partial charge >= 0.3 is 5.97 Å². The van der Waals surface area contributed by atoms with E-state index >= 15 is 0 Å². The van der Waals surface area contributed by atoms with Crippen LogP contribution in [0.1, 0.15) is 35.4 Å². The molecule has 0 spiro atoms. The maximum Gasteiger partial charge on any atom is 0.360 e. The number of carbonyl (C=O) groups excluding carboxylic acids is 1. The highest BCUT2D eigenvalue weighted by Crippen LogP contribution is 2.17. The van der Waals surface area contributed by atoms with Gasteiger partial charge in [-0.15, -0.1) is 5.10 Å². The summed E-state index contributed by atoms with van der Waals surface area (Å²) in [4.78, 5) is 11.7. The summed E-state index contributed by atoms with van der Waals surface area (Å²) in [5, 5.41) is 7.98. The van der Waals surface area contributed by atoms with Crippen molar-refractivity contribution in [3.8, 4) is 0 Å². The van der Waals surface area contributed by atoms with Crippen LogP contribution in [0.3, 0.4) is 0 Å². The van der Waals surface area contributed by atoms with Gasteiger partial charge in [-0.05, 0) is 19.3 Å². The summed E-state index contributed by atoms with van der Waals surface area (Å²) in [5.74, 6) is -0.459. The molecule has 112 valence electrons. The first-order valence-electron chi connectivity index (χ1n) is 6.87. The van der Waals surface area contributed by atoms with E-state index in [9.17, 15) is 4.79 Å². The summed E-state index contributed by atoms with van der Waals surface area (Å²) in [7, 11) is 2.96. The average molecular weight is 283 g/mol. The lowest BCUT2D eigenvalue weighted by Gasteiger charge is -2.11. The average Bonchev–Trinajstić information content (AvgIpc) is 3.11. The highest BCUT2D eigenvalue weighted by Gasteiger charge is 2.21. The minimum atomic E-state index is -0.459. The molecular formula is C13H21N3O4. The minimum absolute atomic E-state index is 0.275. The number of methoxy groups -OCH3 is 2. The molecule has 0 aliphatic carbocycles. The highest BCUT2D eigenvalue weighted by molar-refractivity contribution is 5.88. The van der Waals surface area contributed by atoms with Crippen LogP contribution in [0.25, 0.3) is 0 Å². The molecule has 0 aromatic carbocycles. The van der Waals surface area contributed by atoms with Crippen molar-refractivity contribution in [2.75, 3.05) is 27.4 Å². The van der Waals surface area contributed by atoms with Gasteiger partial charge in [0.1, 0.15) is 0 Å². The molecule has 1 fully saturated rings. The van der Waals surface area contributed by atoms with E-state index in [1.807, 2.05) is 0 Å². The Morgan fingerprint density at radius 1 is 1.50 bits per heavy atom. The maximum atomic E-state index is 11.7. The fraction of sp³-hybridized carbons (Fsp3) is 0.769. The first kappa shape index (κ1) is 14.9.